The van der Waals surface area contributed by atoms with E-state index in [0.29, 0.717) is 49.4 Å². The molecule has 1 fully saturated rings. The summed E-state index contributed by atoms with van der Waals surface area (Å²) in [6, 6.07) is 10.6. The molecule has 1 amide bonds. The molecule has 28 heavy (non-hydrogen) atoms. The molecule has 1 atom stereocenters. The van der Waals surface area contributed by atoms with Crippen LogP contribution in [-0.2, 0) is 0 Å². The molecule has 1 aliphatic rings. The second-order valence-electron chi connectivity index (χ2n) is 6.51. The van der Waals surface area contributed by atoms with Gasteiger partial charge in [-0.2, -0.15) is 0 Å². The molecule has 4 nitrogen and oxygen atoms in total. The highest BCUT2D eigenvalue weighted by Gasteiger charge is 2.28. The molecule has 3 rings (SSSR count). The van der Waals surface area contributed by atoms with E-state index in [2.05, 4.69) is 4.90 Å². The van der Waals surface area contributed by atoms with Gasteiger partial charge in [0.25, 0.3) is 5.91 Å². The Bertz CT molecular complexity index is 799. The summed E-state index contributed by atoms with van der Waals surface area (Å²) in [6.45, 7) is 4.34. The number of para-hydroxylation sites is 1. The Morgan fingerprint density at radius 3 is 2.29 bits per heavy atom. The van der Waals surface area contributed by atoms with Crippen molar-refractivity contribution >= 4 is 36.4 Å². The van der Waals surface area contributed by atoms with E-state index < -0.39 is 11.6 Å². The predicted molar refractivity (Wildman–Crippen MR) is 112 cm³/mol. The lowest BCUT2D eigenvalue weighted by Crippen LogP contribution is -2.49. The van der Waals surface area contributed by atoms with E-state index in [0.717, 1.165) is 6.07 Å². The smallest absolute Gasteiger partial charge is 0.256 e. The van der Waals surface area contributed by atoms with Gasteiger partial charge in [-0.05, 0) is 24.6 Å². The number of hydrogen-bond acceptors (Lipinski definition) is 3. The first-order valence-corrected chi connectivity index (χ1v) is 8.84. The number of nitrogens with two attached hydrogens (primary N) is 1. The van der Waals surface area contributed by atoms with Crippen molar-refractivity contribution in [1.29, 1.82) is 0 Å². The van der Waals surface area contributed by atoms with Crippen LogP contribution in [0.5, 0.6) is 0 Å². The van der Waals surface area contributed by atoms with E-state index in [-0.39, 0.29) is 36.8 Å². The number of rotatable bonds is 4. The molecule has 0 bridgehead atoms. The number of carbonyl (C=O) groups excluding carboxylic acids is 1. The summed E-state index contributed by atoms with van der Waals surface area (Å²) in [7, 11) is 0. The van der Waals surface area contributed by atoms with E-state index in [4.69, 9.17) is 5.73 Å². The van der Waals surface area contributed by atoms with Crippen molar-refractivity contribution in [2.75, 3.05) is 31.9 Å². The summed E-state index contributed by atoms with van der Waals surface area (Å²) >= 11 is 0. The minimum atomic E-state index is -0.572. The fraction of sp³-hybridized carbons (Fsp3) is 0.350. The lowest BCUT2D eigenvalue weighted by atomic mass is 10.0. The molecular formula is C20H25Cl2F2N3O. The largest absolute Gasteiger partial charge is 0.398 e. The molecule has 2 aromatic rings. The van der Waals surface area contributed by atoms with Crippen LogP contribution in [0.3, 0.4) is 0 Å². The first-order chi connectivity index (χ1) is 12.5. The molecule has 0 aromatic heterocycles. The van der Waals surface area contributed by atoms with Gasteiger partial charge < -0.3 is 10.6 Å². The van der Waals surface area contributed by atoms with E-state index in [9.17, 15) is 13.6 Å². The van der Waals surface area contributed by atoms with Gasteiger partial charge in [-0.25, -0.2) is 8.78 Å². The van der Waals surface area contributed by atoms with Crippen molar-refractivity contribution in [2.45, 2.75) is 19.4 Å². The molecule has 0 radical (unpaired) electrons. The molecule has 1 aliphatic heterocycles. The van der Waals surface area contributed by atoms with Crippen molar-refractivity contribution in [3.8, 4) is 0 Å². The predicted octanol–water partition coefficient (Wildman–Crippen LogP) is 4.30. The van der Waals surface area contributed by atoms with Crippen LogP contribution >= 0.6 is 24.8 Å². The lowest BCUT2D eigenvalue weighted by Gasteiger charge is -2.39. The molecule has 1 saturated heterocycles. The average molecular weight is 432 g/mol. The molecule has 8 heteroatoms. The molecule has 0 spiro atoms. The molecule has 154 valence electrons. The van der Waals surface area contributed by atoms with Crippen LogP contribution in [-0.4, -0.2) is 41.9 Å². The van der Waals surface area contributed by atoms with Crippen LogP contribution in [0.15, 0.2) is 42.5 Å². The molecule has 0 saturated carbocycles. The zero-order valence-corrected chi connectivity index (χ0v) is 17.2. The minimum Gasteiger partial charge on any atom is -0.398 e. The Balaban J connectivity index is 0.00000196. The molecule has 1 heterocycles. The van der Waals surface area contributed by atoms with E-state index in [1.165, 1.54) is 12.1 Å². The van der Waals surface area contributed by atoms with Gasteiger partial charge in [0.15, 0.2) is 0 Å². The molecule has 2 N–H and O–H groups in total. The van der Waals surface area contributed by atoms with Crippen molar-refractivity contribution in [3.63, 3.8) is 0 Å². The summed E-state index contributed by atoms with van der Waals surface area (Å²) in [4.78, 5) is 16.6. The summed E-state index contributed by atoms with van der Waals surface area (Å²) < 4.78 is 27.4. The van der Waals surface area contributed by atoms with Gasteiger partial charge in [0, 0.05) is 49.5 Å². The second kappa shape index (κ2) is 10.6. The van der Waals surface area contributed by atoms with Gasteiger partial charge in [0.05, 0.1) is 5.56 Å². The number of nitrogens with zero attached hydrogens (tertiary/aromatic N) is 2. The van der Waals surface area contributed by atoms with Crippen molar-refractivity contribution in [3.05, 3.63) is 65.2 Å². The van der Waals surface area contributed by atoms with Crippen LogP contribution in [0.1, 0.15) is 35.3 Å². The Morgan fingerprint density at radius 2 is 1.71 bits per heavy atom. The number of piperazine rings is 1. The second-order valence-corrected chi connectivity index (χ2v) is 6.51. The standard InChI is InChI=1S/C20H23F2N3O.2ClH/c1-2-19(15-8-7-14(21)13-17(15)22)24-9-11-25(12-10-24)20(26)16-5-3-4-6-18(16)23;;/h3-8,13,19H,2,9-12,23H2,1H3;2*1H. The van der Waals surface area contributed by atoms with Gasteiger partial charge in [-0.15, -0.1) is 24.8 Å². The maximum absolute atomic E-state index is 14.2. The van der Waals surface area contributed by atoms with Crippen LogP contribution in [0.2, 0.25) is 0 Å². The van der Waals surface area contributed by atoms with E-state index in [1.807, 2.05) is 6.92 Å². The van der Waals surface area contributed by atoms with E-state index >= 15 is 0 Å². The van der Waals surface area contributed by atoms with Crippen LogP contribution < -0.4 is 5.73 Å². The van der Waals surface area contributed by atoms with Gasteiger partial charge >= 0.3 is 0 Å². The summed E-state index contributed by atoms with van der Waals surface area (Å²) in [5.74, 6) is -1.17. The fourth-order valence-electron chi connectivity index (χ4n) is 3.55. The van der Waals surface area contributed by atoms with Crippen molar-refractivity contribution in [1.82, 2.24) is 9.80 Å². The average Bonchev–Trinajstić information content (AvgIpc) is 2.64. The molecule has 0 aliphatic carbocycles. The fourth-order valence-corrected chi connectivity index (χ4v) is 3.55. The van der Waals surface area contributed by atoms with Gasteiger partial charge in [-0.1, -0.05) is 25.1 Å². The van der Waals surface area contributed by atoms with Crippen LogP contribution in [0, 0.1) is 11.6 Å². The lowest BCUT2D eigenvalue weighted by molar-refractivity contribution is 0.0559. The number of anilines is 1. The van der Waals surface area contributed by atoms with Crippen LogP contribution in [0.4, 0.5) is 14.5 Å². The minimum absolute atomic E-state index is 0. The monoisotopic (exact) mass is 431 g/mol. The topological polar surface area (TPSA) is 49.6 Å². The maximum atomic E-state index is 14.2. The SMILES string of the molecule is CCC(c1ccc(F)cc1F)N1CCN(C(=O)c2ccccc2N)CC1.Cl.Cl. The number of amides is 1. The summed E-state index contributed by atoms with van der Waals surface area (Å²) in [5, 5.41) is 0. The highest BCUT2D eigenvalue weighted by atomic mass is 35.5. The number of halogens is 4. The third-order valence-electron chi connectivity index (χ3n) is 4.94. The Hall–Kier alpha value is -1.89. The Kier molecular flexibility index (Phi) is 9.14. The summed E-state index contributed by atoms with van der Waals surface area (Å²) in [6.07, 6.45) is 0.710. The first-order valence-electron chi connectivity index (χ1n) is 8.84. The molecular weight excluding hydrogens is 407 g/mol. The summed E-state index contributed by atoms with van der Waals surface area (Å²) in [5.41, 5.74) is 7.38. The molecule has 2 aromatic carbocycles. The Labute approximate surface area is 176 Å². The first kappa shape index (κ1) is 24.1. The molecule has 1 unspecified atom stereocenters. The van der Waals surface area contributed by atoms with E-state index in [1.54, 1.807) is 29.2 Å². The zero-order chi connectivity index (χ0) is 18.7. The van der Waals surface area contributed by atoms with Gasteiger partial charge in [-0.3, -0.25) is 9.69 Å². The third kappa shape index (κ3) is 5.13. The number of hydrogen-bond donors (Lipinski definition) is 1. The highest BCUT2D eigenvalue weighted by Crippen LogP contribution is 2.28. The Morgan fingerprint density at radius 1 is 1.07 bits per heavy atom. The third-order valence-corrected chi connectivity index (χ3v) is 4.94. The quantitative estimate of drug-likeness (QED) is 0.734. The maximum Gasteiger partial charge on any atom is 0.256 e. The van der Waals surface area contributed by atoms with Gasteiger partial charge in [0.1, 0.15) is 11.6 Å². The zero-order valence-electron chi connectivity index (χ0n) is 15.6. The highest BCUT2D eigenvalue weighted by molar-refractivity contribution is 5.99. The number of benzene rings is 2. The number of nitrogen functional groups attached to an aromatic ring is 1. The van der Waals surface area contributed by atoms with Crippen molar-refractivity contribution in [2.24, 2.45) is 0 Å². The normalized spacial score (nSPS) is 15.3. The van der Waals surface area contributed by atoms with Crippen molar-refractivity contribution < 1.29 is 13.6 Å². The number of carbonyl (C=O) groups is 1. The van der Waals surface area contributed by atoms with Crippen LogP contribution in [0.25, 0.3) is 0 Å². The van der Waals surface area contributed by atoms with Gasteiger partial charge in [0.2, 0.25) is 0 Å².